The van der Waals surface area contributed by atoms with E-state index in [1.54, 1.807) is 19.2 Å². The second kappa shape index (κ2) is 4.89. The highest BCUT2D eigenvalue weighted by Crippen LogP contribution is 2.39. The maximum atomic E-state index is 11.9. The van der Waals surface area contributed by atoms with Gasteiger partial charge in [0.15, 0.2) is 0 Å². The molecule has 0 unspecified atom stereocenters. The Morgan fingerprint density at radius 2 is 2.10 bits per heavy atom. The molecule has 1 atom stereocenters. The first kappa shape index (κ1) is 12.5. The van der Waals surface area contributed by atoms with Gasteiger partial charge in [0.05, 0.1) is 7.11 Å². The number of carbonyl (C=O) groups excluding carboxylic acids is 1. The molecule has 20 heavy (non-hydrogen) atoms. The molecule has 2 aromatic carbocycles. The summed E-state index contributed by atoms with van der Waals surface area (Å²) in [6.45, 7) is 0. The van der Waals surface area contributed by atoms with Gasteiger partial charge in [-0.1, -0.05) is 18.2 Å². The van der Waals surface area contributed by atoms with Crippen LogP contribution in [0.1, 0.15) is 23.5 Å². The van der Waals surface area contributed by atoms with E-state index < -0.39 is 0 Å². The van der Waals surface area contributed by atoms with Gasteiger partial charge < -0.3 is 15.2 Å². The molecule has 1 amide bonds. The molecule has 1 aliphatic heterocycles. The van der Waals surface area contributed by atoms with Crippen molar-refractivity contribution < 1.29 is 14.6 Å². The highest BCUT2D eigenvalue weighted by Gasteiger charge is 2.26. The minimum atomic E-state index is -0.0454. The SMILES string of the molecule is COc1cccc([C@@H]2CC(=O)Nc3cc(O)ccc32)c1. The zero-order valence-corrected chi connectivity index (χ0v) is 11.1. The van der Waals surface area contributed by atoms with Gasteiger partial charge >= 0.3 is 0 Å². The number of ether oxygens (including phenoxy) is 1. The summed E-state index contributed by atoms with van der Waals surface area (Å²) in [7, 11) is 1.62. The molecule has 0 radical (unpaired) electrons. The topological polar surface area (TPSA) is 58.6 Å². The van der Waals surface area contributed by atoms with Crippen LogP contribution in [0.15, 0.2) is 42.5 Å². The fraction of sp³-hybridized carbons (Fsp3) is 0.188. The summed E-state index contributed by atoms with van der Waals surface area (Å²) in [5.41, 5.74) is 2.72. The van der Waals surface area contributed by atoms with Crippen molar-refractivity contribution in [1.29, 1.82) is 0 Å². The van der Waals surface area contributed by atoms with Crippen LogP contribution < -0.4 is 10.1 Å². The summed E-state index contributed by atoms with van der Waals surface area (Å²) in [5.74, 6) is 0.856. The molecule has 2 aromatic rings. The number of nitrogens with one attached hydrogen (secondary N) is 1. The first-order valence-corrected chi connectivity index (χ1v) is 6.44. The van der Waals surface area contributed by atoms with E-state index in [1.165, 1.54) is 0 Å². The van der Waals surface area contributed by atoms with Crippen LogP contribution in [-0.2, 0) is 4.79 Å². The molecule has 2 N–H and O–H groups in total. The predicted molar refractivity (Wildman–Crippen MR) is 76.2 cm³/mol. The number of amides is 1. The monoisotopic (exact) mass is 269 g/mol. The lowest BCUT2D eigenvalue weighted by Gasteiger charge is -2.26. The van der Waals surface area contributed by atoms with Crippen molar-refractivity contribution in [3.63, 3.8) is 0 Å². The van der Waals surface area contributed by atoms with Crippen LogP contribution in [0.3, 0.4) is 0 Å². The van der Waals surface area contributed by atoms with E-state index >= 15 is 0 Å². The van der Waals surface area contributed by atoms with Gasteiger partial charge in [0.25, 0.3) is 0 Å². The van der Waals surface area contributed by atoms with Gasteiger partial charge in [-0.15, -0.1) is 0 Å². The van der Waals surface area contributed by atoms with Crippen molar-refractivity contribution in [3.05, 3.63) is 53.6 Å². The van der Waals surface area contributed by atoms with Crippen LogP contribution in [-0.4, -0.2) is 18.1 Å². The van der Waals surface area contributed by atoms with Crippen molar-refractivity contribution in [2.75, 3.05) is 12.4 Å². The van der Waals surface area contributed by atoms with Crippen molar-refractivity contribution in [2.45, 2.75) is 12.3 Å². The van der Waals surface area contributed by atoms with Crippen molar-refractivity contribution in [3.8, 4) is 11.5 Å². The van der Waals surface area contributed by atoms with Gasteiger partial charge in [0, 0.05) is 24.1 Å². The average molecular weight is 269 g/mol. The van der Waals surface area contributed by atoms with Crippen molar-refractivity contribution >= 4 is 11.6 Å². The van der Waals surface area contributed by atoms with Crippen LogP contribution in [0.2, 0.25) is 0 Å². The van der Waals surface area contributed by atoms with Crippen LogP contribution in [0.4, 0.5) is 5.69 Å². The Morgan fingerprint density at radius 3 is 2.90 bits per heavy atom. The van der Waals surface area contributed by atoms with Gasteiger partial charge in [-0.3, -0.25) is 4.79 Å². The molecule has 0 spiro atoms. The summed E-state index contributed by atoms with van der Waals surface area (Å²) in [6, 6.07) is 12.8. The van der Waals surface area contributed by atoms with Gasteiger partial charge in [0.1, 0.15) is 11.5 Å². The Bertz CT molecular complexity index is 667. The van der Waals surface area contributed by atoms with Crippen LogP contribution in [0, 0.1) is 0 Å². The summed E-state index contributed by atoms with van der Waals surface area (Å²) in [6.07, 6.45) is 0.394. The number of hydrogen-bond donors (Lipinski definition) is 2. The Balaban J connectivity index is 2.08. The van der Waals surface area contributed by atoms with Gasteiger partial charge in [0.2, 0.25) is 5.91 Å². The molecule has 4 nitrogen and oxygen atoms in total. The maximum absolute atomic E-state index is 11.9. The lowest BCUT2D eigenvalue weighted by Crippen LogP contribution is -2.23. The zero-order chi connectivity index (χ0) is 14.1. The normalized spacial score (nSPS) is 17.2. The Hall–Kier alpha value is -2.49. The van der Waals surface area contributed by atoms with Crippen LogP contribution in [0.5, 0.6) is 11.5 Å². The first-order chi connectivity index (χ1) is 9.67. The number of phenols is 1. The summed E-state index contributed by atoms with van der Waals surface area (Å²) in [5, 5.41) is 12.3. The fourth-order valence-corrected chi connectivity index (χ4v) is 2.61. The molecule has 1 heterocycles. The van der Waals surface area contributed by atoms with E-state index in [4.69, 9.17) is 4.74 Å². The van der Waals surface area contributed by atoms with Crippen molar-refractivity contribution in [1.82, 2.24) is 0 Å². The molecule has 0 saturated heterocycles. The number of benzene rings is 2. The molecule has 0 fully saturated rings. The number of rotatable bonds is 2. The lowest BCUT2D eigenvalue weighted by atomic mass is 9.84. The number of hydrogen-bond acceptors (Lipinski definition) is 3. The standard InChI is InChI=1S/C16H15NO3/c1-20-12-4-2-3-10(7-12)14-9-16(19)17-15-8-11(18)5-6-13(14)15/h2-8,14,18H,9H2,1H3,(H,17,19)/t14-/m0/s1. The summed E-state index contributed by atoms with van der Waals surface area (Å²) in [4.78, 5) is 11.9. The second-order valence-electron chi connectivity index (χ2n) is 4.85. The number of fused-ring (bicyclic) bond motifs is 1. The van der Waals surface area contributed by atoms with Crippen molar-refractivity contribution in [2.24, 2.45) is 0 Å². The third kappa shape index (κ3) is 2.20. The molecular formula is C16H15NO3. The van der Waals surface area contributed by atoms with E-state index in [-0.39, 0.29) is 17.6 Å². The van der Waals surface area contributed by atoms with E-state index in [0.29, 0.717) is 12.1 Å². The molecule has 0 aliphatic carbocycles. The molecule has 0 bridgehead atoms. The number of carbonyl (C=O) groups is 1. The summed E-state index contributed by atoms with van der Waals surface area (Å²) < 4.78 is 5.24. The number of methoxy groups -OCH3 is 1. The van der Waals surface area contributed by atoms with Crippen LogP contribution >= 0.6 is 0 Å². The smallest absolute Gasteiger partial charge is 0.225 e. The molecule has 0 saturated carbocycles. The number of phenolic OH excluding ortho intramolecular Hbond substituents is 1. The third-order valence-corrected chi connectivity index (χ3v) is 3.57. The molecule has 1 aliphatic rings. The Kier molecular flexibility index (Phi) is 3.06. The van der Waals surface area contributed by atoms with Gasteiger partial charge in [-0.05, 0) is 29.3 Å². The number of aromatic hydroxyl groups is 1. The highest BCUT2D eigenvalue weighted by molar-refractivity contribution is 5.95. The highest BCUT2D eigenvalue weighted by atomic mass is 16.5. The Morgan fingerprint density at radius 1 is 1.25 bits per heavy atom. The Labute approximate surface area is 117 Å². The molecule has 102 valence electrons. The largest absolute Gasteiger partial charge is 0.508 e. The first-order valence-electron chi connectivity index (χ1n) is 6.44. The molecular weight excluding hydrogens is 254 g/mol. The quantitative estimate of drug-likeness (QED) is 0.881. The van der Waals surface area contributed by atoms with Gasteiger partial charge in [-0.2, -0.15) is 0 Å². The van der Waals surface area contributed by atoms with E-state index in [0.717, 1.165) is 16.9 Å². The van der Waals surface area contributed by atoms with E-state index in [1.807, 2.05) is 30.3 Å². The number of anilines is 1. The fourth-order valence-electron chi connectivity index (χ4n) is 2.61. The zero-order valence-electron chi connectivity index (χ0n) is 11.1. The summed E-state index contributed by atoms with van der Waals surface area (Å²) >= 11 is 0. The van der Waals surface area contributed by atoms with Gasteiger partial charge in [-0.25, -0.2) is 0 Å². The molecule has 3 rings (SSSR count). The second-order valence-corrected chi connectivity index (χ2v) is 4.85. The molecule has 0 aromatic heterocycles. The predicted octanol–water partition coefficient (Wildman–Crippen LogP) is 2.87. The minimum Gasteiger partial charge on any atom is -0.508 e. The maximum Gasteiger partial charge on any atom is 0.225 e. The minimum absolute atomic E-state index is 0.0190. The van der Waals surface area contributed by atoms with E-state index in [2.05, 4.69) is 5.32 Å². The molecule has 4 heteroatoms. The average Bonchev–Trinajstić information content (AvgIpc) is 2.46. The van der Waals surface area contributed by atoms with Crippen LogP contribution in [0.25, 0.3) is 0 Å². The third-order valence-electron chi connectivity index (χ3n) is 3.57. The van der Waals surface area contributed by atoms with E-state index in [9.17, 15) is 9.90 Å². The lowest BCUT2D eigenvalue weighted by molar-refractivity contribution is -0.116.